The molecule has 2 amide bonds. The number of benzene rings is 3. The molecule has 1 saturated heterocycles. The Morgan fingerprint density at radius 3 is 2.67 bits per heavy atom. The van der Waals surface area contributed by atoms with Crippen molar-refractivity contribution in [1.82, 2.24) is 4.90 Å². The van der Waals surface area contributed by atoms with Gasteiger partial charge in [0.2, 0.25) is 0 Å². The summed E-state index contributed by atoms with van der Waals surface area (Å²) < 4.78 is 5.95. The Balaban J connectivity index is 1.71. The lowest BCUT2D eigenvalue weighted by molar-refractivity contribution is -0.384. The van der Waals surface area contributed by atoms with Gasteiger partial charge >= 0.3 is 5.97 Å². The highest BCUT2D eigenvalue weighted by atomic mass is 32.2. The van der Waals surface area contributed by atoms with Crippen molar-refractivity contribution in [1.29, 1.82) is 0 Å². The zero-order chi connectivity index (χ0) is 23.5. The van der Waals surface area contributed by atoms with Crippen molar-refractivity contribution in [3.8, 4) is 5.75 Å². The Morgan fingerprint density at radius 2 is 1.91 bits per heavy atom. The van der Waals surface area contributed by atoms with Crippen LogP contribution in [0.3, 0.4) is 0 Å². The van der Waals surface area contributed by atoms with E-state index in [1.807, 2.05) is 30.3 Å². The van der Waals surface area contributed by atoms with Crippen LogP contribution in [-0.2, 0) is 16.2 Å². The molecule has 33 heavy (non-hydrogen) atoms. The minimum Gasteiger partial charge on any atom is -0.488 e. The van der Waals surface area contributed by atoms with Crippen LogP contribution in [0.1, 0.15) is 11.1 Å². The molecule has 0 saturated carbocycles. The van der Waals surface area contributed by atoms with Crippen molar-refractivity contribution < 1.29 is 29.2 Å². The second-order valence-electron chi connectivity index (χ2n) is 7.08. The number of fused-ring (bicyclic) bond motifs is 1. The fourth-order valence-electron chi connectivity index (χ4n) is 3.37. The van der Waals surface area contributed by atoms with Gasteiger partial charge in [0.05, 0.1) is 9.83 Å². The highest BCUT2D eigenvalue weighted by molar-refractivity contribution is 8.18. The van der Waals surface area contributed by atoms with Gasteiger partial charge in [-0.15, -0.1) is 0 Å². The predicted molar refractivity (Wildman–Crippen MR) is 122 cm³/mol. The lowest BCUT2D eigenvalue weighted by Gasteiger charge is -2.13. The van der Waals surface area contributed by atoms with Crippen LogP contribution in [0.2, 0.25) is 0 Å². The van der Waals surface area contributed by atoms with Gasteiger partial charge in [0, 0.05) is 17.7 Å². The Labute approximate surface area is 191 Å². The predicted octanol–water partition coefficient (Wildman–Crippen LogP) is 4.45. The van der Waals surface area contributed by atoms with Crippen molar-refractivity contribution in [2.45, 2.75) is 6.61 Å². The number of carbonyl (C=O) groups is 3. The van der Waals surface area contributed by atoms with Gasteiger partial charge in [-0.1, -0.05) is 42.5 Å². The van der Waals surface area contributed by atoms with Gasteiger partial charge in [0.25, 0.3) is 16.8 Å². The van der Waals surface area contributed by atoms with Crippen molar-refractivity contribution >= 4 is 51.4 Å². The molecule has 1 N–H and O–H groups in total. The standard InChI is InChI=1S/C23H16N2O7S/c26-21(27)12-24-22(28)20(33-23(24)29)11-18-17-7-2-1-5-15(17)8-9-19(18)32-13-14-4-3-6-16(10-14)25(30)31/h1-11H,12-13H2,(H,26,27)/b20-11+. The molecule has 10 heteroatoms. The van der Waals surface area contributed by atoms with E-state index in [0.29, 0.717) is 33.5 Å². The molecule has 1 heterocycles. The van der Waals surface area contributed by atoms with E-state index in [4.69, 9.17) is 9.84 Å². The van der Waals surface area contributed by atoms with Gasteiger partial charge in [-0.3, -0.25) is 29.4 Å². The molecular formula is C23H16N2O7S. The number of rotatable bonds is 7. The minimum atomic E-state index is -1.29. The number of thioether (sulfide) groups is 1. The molecule has 0 aromatic heterocycles. The average Bonchev–Trinajstić information content (AvgIpc) is 3.05. The van der Waals surface area contributed by atoms with Crippen molar-refractivity contribution in [3.05, 3.63) is 86.8 Å². The van der Waals surface area contributed by atoms with E-state index >= 15 is 0 Å². The normalized spacial score (nSPS) is 14.8. The molecule has 9 nitrogen and oxygen atoms in total. The van der Waals surface area contributed by atoms with Crippen molar-refractivity contribution in [2.75, 3.05) is 6.54 Å². The number of hydrogen-bond acceptors (Lipinski definition) is 7. The van der Waals surface area contributed by atoms with Crippen LogP contribution in [0, 0.1) is 10.1 Å². The Morgan fingerprint density at radius 1 is 1.12 bits per heavy atom. The van der Waals surface area contributed by atoms with Crippen molar-refractivity contribution in [3.63, 3.8) is 0 Å². The van der Waals surface area contributed by atoms with Crippen LogP contribution in [0.25, 0.3) is 16.8 Å². The molecule has 3 aromatic carbocycles. The zero-order valence-electron chi connectivity index (χ0n) is 17.0. The molecule has 3 aromatic rings. The topological polar surface area (TPSA) is 127 Å². The summed E-state index contributed by atoms with van der Waals surface area (Å²) in [6, 6.07) is 17.0. The van der Waals surface area contributed by atoms with Crippen molar-refractivity contribution in [2.24, 2.45) is 0 Å². The maximum absolute atomic E-state index is 12.6. The number of imide groups is 1. The second-order valence-corrected chi connectivity index (χ2v) is 8.07. The molecule has 1 aliphatic heterocycles. The maximum atomic E-state index is 12.6. The number of nitrogens with zero attached hydrogens (tertiary/aromatic N) is 2. The third-order valence-electron chi connectivity index (χ3n) is 4.89. The maximum Gasteiger partial charge on any atom is 0.323 e. The molecule has 0 bridgehead atoms. The molecule has 0 atom stereocenters. The first-order valence-corrected chi connectivity index (χ1v) is 10.5. The van der Waals surface area contributed by atoms with Gasteiger partial charge in [-0.2, -0.15) is 0 Å². The van der Waals surface area contributed by atoms with Crippen LogP contribution < -0.4 is 4.74 Å². The lowest BCUT2D eigenvalue weighted by Crippen LogP contribution is -2.33. The summed E-state index contributed by atoms with van der Waals surface area (Å²) in [6.07, 6.45) is 1.51. The Kier molecular flexibility index (Phi) is 6.09. The summed E-state index contributed by atoms with van der Waals surface area (Å²) in [7, 11) is 0. The minimum absolute atomic E-state index is 0.0430. The van der Waals surface area contributed by atoms with E-state index in [0.717, 1.165) is 10.8 Å². The van der Waals surface area contributed by atoms with E-state index < -0.39 is 28.6 Å². The largest absolute Gasteiger partial charge is 0.488 e. The van der Waals surface area contributed by atoms with Crippen LogP contribution in [-0.4, -0.2) is 38.6 Å². The molecule has 0 unspecified atom stereocenters. The summed E-state index contributed by atoms with van der Waals surface area (Å²) in [4.78, 5) is 47.1. The number of hydrogen-bond donors (Lipinski definition) is 1. The summed E-state index contributed by atoms with van der Waals surface area (Å²) in [5.41, 5.74) is 1.08. The smallest absolute Gasteiger partial charge is 0.323 e. The Bertz CT molecular complexity index is 1340. The summed E-state index contributed by atoms with van der Waals surface area (Å²) in [6.45, 7) is -0.672. The molecule has 4 rings (SSSR count). The molecule has 1 aliphatic rings. The summed E-state index contributed by atoms with van der Waals surface area (Å²) in [5.74, 6) is -1.57. The number of non-ortho nitro benzene ring substituents is 1. The fourth-order valence-corrected chi connectivity index (χ4v) is 4.19. The summed E-state index contributed by atoms with van der Waals surface area (Å²) in [5, 5.41) is 21.0. The zero-order valence-corrected chi connectivity index (χ0v) is 17.8. The monoisotopic (exact) mass is 464 g/mol. The highest BCUT2D eigenvalue weighted by Gasteiger charge is 2.36. The van der Waals surface area contributed by atoms with Crippen LogP contribution >= 0.6 is 11.8 Å². The van der Waals surface area contributed by atoms with E-state index in [2.05, 4.69) is 0 Å². The van der Waals surface area contributed by atoms with Crippen LogP contribution in [0.15, 0.2) is 65.6 Å². The van der Waals surface area contributed by atoms with E-state index in [1.54, 1.807) is 18.2 Å². The fraction of sp³-hybridized carbons (Fsp3) is 0.0870. The third-order valence-corrected chi connectivity index (χ3v) is 5.80. The average molecular weight is 464 g/mol. The lowest BCUT2D eigenvalue weighted by atomic mass is 10.0. The van der Waals surface area contributed by atoms with E-state index in [1.165, 1.54) is 18.2 Å². The second kappa shape index (κ2) is 9.13. The molecule has 0 radical (unpaired) electrons. The number of nitro benzene ring substituents is 1. The number of aliphatic carboxylic acids is 1. The van der Waals surface area contributed by atoms with E-state index in [9.17, 15) is 24.5 Å². The quantitative estimate of drug-likeness (QED) is 0.309. The van der Waals surface area contributed by atoms with Gasteiger partial charge in [-0.25, -0.2) is 0 Å². The first-order chi connectivity index (χ1) is 15.8. The van der Waals surface area contributed by atoms with E-state index in [-0.39, 0.29) is 17.2 Å². The SMILES string of the molecule is O=C(O)CN1C(=O)S/C(=C/c2c(OCc3cccc([N+](=O)[O-])c3)ccc3ccccc23)C1=O. The molecule has 1 fully saturated rings. The molecule has 0 spiro atoms. The van der Waals surface area contributed by atoms with Crippen LogP contribution in [0.4, 0.5) is 10.5 Å². The number of carboxylic acids is 1. The summed E-state index contributed by atoms with van der Waals surface area (Å²) >= 11 is 0.660. The number of carboxylic acid groups (broad SMARTS) is 1. The highest BCUT2D eigenvalue weighted by Crippen LogP contribution is 2.37. The molecule has 166 valence electrons. The molecular weight excluding hydrogens is 448 g/mol. The number of carbonyl (C=O) groups excluding carboxylic acids is 2. The number of ether oxygens (including phenoxy) is 1. The third kappa shape index (κ3) is 4.70. The first-order valence-electron chi connectivity index (χ1n) is 9.68. The number of amides is 2. The van der Waals surface area contributed by atoms with Gasteiger partial charge < -0.3 is 9.84 Å². The van der Waals surface area contributed by atoms with Gasteiger partial charge in [0.15, 0.2) is 0 Å². The van der Waals surface area contributed by atoms with Gasteiger partial charge in [0.1, 0.15) is 18.9 Å². The number of nitro groups is 1. The van der Waals surface area contributed by atoms with Gasteiger partial charge in [-0.05, 0) is 40.2 Å². The Hall–Kier alpha value is -4.18. The molecule has 0 aliphatic carbocycles. The van der Waals surface area contributed by atoms with Crippen LogP contribution in [0.5, 0.6) is 5.75 Å². The first kappa shape index (κ1) is 22.0.